The van der Waals surface area contributed by atoms with Crippen molar-refractivity contribution in [2.24, 2.45) is 0 Å². The summed E-state index contributed by atoms with van der Waals surface area (Å²) in [5, 5.41) is 15.1. The van der Waals surface area contributed by atoms with Gasteiger partial charge in [0.1, 0.15) is 11.6 Å². The summed E-state index contributed by atoms with van der Waals surface area (Å²) >= 11 is 0. The lowest BCUT2D eigenvalue weighted by Gasteiger charge is -2.18. The molecule has 0 heterocycles. The first-order chi connectivity index (χ1) is 18.3. The highest BCUT2D eigenvalue weighted by atomic mass is 19.4. The number of unbranched alkanes of at least 4 members (excludes halogenated alkanes) is 1. The molecule has 2 fully saturated rings. The van der Waals surface area contributed by atoms with E-state index in [-0.39, 0.29) is 24.4 Å². The SMILES string of the molecule is CC(NC1CC1)c1cc(F)cc(C(F)(F)F)c1.CC(NC1CC1)c1cc(OCCCCO)cc(C(F)(F)F)c1. The molecule has 218 valence electrons. The van der Waals surface area contributed by atoms with Crippen molar-refractivity contribution in [3.8, 4) is 5.75 Å². The van der Waals surface area contributed by atoms with Crippen LogP contribution in [0.4, 0.5) is 30.7 Å². The molecule has 4 nitrogen and oxygen atoms in total. The second-order valence-electron chi connectivity index (χ2n) is 10.2. The molecular formula is C28H35F7N2O2. The van der Waals surface area contributed by atoms with Gasteiger partial charge in [-0.3, -0.25) is 0 Å². The molecule has 39 heavy (non-hydrogen) atoms. The van der Waals surface area contributed by atoms with Gasteiger partial charge in [0.15, 0.2) is 0 Å². The standard InChI is InChI=1S/C16H22F3NO2.C12H13F4N/c1-11(20-14-4-5-14)12-8-13(16(17,18)19)10-15(9-12)22-7-3-2-6-21;1-7(17-11-2-3-11)8-4-9(12(14,15)16)6-10(13)5-8/h8-11,14,20-21H,2-7H2,1H3;4-7,11,17H,2-3H2,1H3. The lowest BCUT2D eigenvalue weighted by atomic mass is 10.0. The molecule has 2 aromatic rings. The molecule has 2 aliphatic carbocycles. The zero-order chi connectivity index (χ0) is 28.8. The van der Waals surface area contributed by atoms with E-state index in [1.165, 1.54) is 6.07 Å². The molecule has 11 heteroatoms. The minimum Gasteiger partial charge on any atom is -0.494 e. The molecule has 0 aliphatic heterocycles. The summed E-state index contributed by atoms with van der Waals surface area (Å²) in [6.07, 6.45) is -3.49. The van der Waals surface area contributed by atoms with Crippen LogP contribution in [0.15, 0.2) is 36.4 Å². The van der Waals surface area contributed by atoms with Crippen molar-refractivity contribution in [3.05, 3.63) is 64.5 Å². The topological polar surface area (TPSA) is 53.5 Å². The maximum absolute atomic E-state index is 13.1. The first kappa shape index (κ1) is 31.2. The summed E-state index contributed by atoms with van der Waals surface area (Å²) in [6, 6.07) is 6.92. The molecule has 2 atom stereocenters. The average Bonchev–Trinajstić information content (AvgIpc) is 3.78. The first-order valence-corrected chi connectivity index (χ1v) is 13.1. The van der Waals surface area contributed by atoms with Crippen molar-refractivity contribution in [1.82, 2.24) is 10.6 Å². The zero-order valence-electron chi connectivity index (χ0n) is 21.9. The van der Waals surface area contributed by atoms with Crippen LogP contribution in [0, 0.1) is 5.82 Å². The van der Waals surface area contributed by atoms with Crippen LogP contribution in [0.1, 0.15) is 86.7 Å². The number of hydrogen-bond donors (Lipinski definition) is 3. The van der Waals surface area contributed by atoms with Crippen LogP contribution in [-0.2, 0) is 12.4 Å². The molecule has 0 saturated heterocycles. The van der Waals surface area contributed by atoms with Crippen molar-refractivity contribution >= 4 is 0 Å². The highest BCUT2D eigenvalue weighted by Gasteiger charge is 2.33. The number of nitrogens with one attached hydrogen (secondary N) is 2. The smallest absolute Gasteiger partial charge is 0.416 e. The third-order valence-electron chi connectivity index (χ3n) is 6.45. The maximum atomic E-state index is 13.1. The summed E-state index contributed by atoms with van der Waals surface area (Å²) in [7, 11) is 0. The number of aliphatic hydroxyl groups is 1. The van der Waals surface area contributed by atoms with Gasteiger partial charge in [0, 0.05) is 30.8 Å². The quantitative estimate of drug-likeness (QED) is 0.198. The van der Waals surface area contributed by atoms with E-state index in [9.17, 15) is 30.7 Å². The number of halogens is 7. The lowest BCUT2D eigenvalue weighted by molar-refractivity contribution is -0.138. The summed E-state index contributed by atoms with van der Waals surface area (Å²) < 4.78 is 95.1. The van der Waals surface area contributed by atoms with Gasteiger partial charge in [0.05, 0.1) is 17.7 Å². The van der Waals surface area contributed by atoms with Gasteiger partial charge in [-0.15, -0.1) is 0 Å². The summed E-state index contributed by atoms with van der Waals surface area (Å²) in [5.41, 5.74) is -0.702. The molecule has 3 N–H and O–H groups in total. The molecule has 2 aliphatic rings. The van der Waals surface area contributed by atoms with E-state index in [1.54, 1.807) is 13.0 Å². The average molecular weight is 565 g/mol. The van der Waals surface area contributed by atoms with Gasteiger partial charge in [0.25, 0.3) is 0 Å². The number of aliphatic hydroxyl groups excluding tert-OH is 1. The molecule has 0 spiro atoms. The van der Waals surface area contributed by atoms with Gasteiger partial charge >= 0.3 is 12.4 Å². The van der Waals surface area contributed by atoms with Crippen molar-refractivity contribution in [2.75, 3.05) is 13.2 Å². The minimum absolute atomic E-state index is 0.0551. The third kappa shape index (κ3) is 10.6. The highest BCUT2D eigenvalue weighted by molar-refractivity contribution is 5.37. The van der Waals surface area contributed by atoms with E-state index in [0.717, 1.165) is 43.9 Å². The molecule has 0 aromatic heterocycles. The highest BCUT2D eigenvalue weighted by Crippen LogP contribution is 2.35. The maximum Gasteiger partial charge on any atom is 0.416 e. The van der Waals surface area contributed by atoms with Gasteiger partial charge in [-0.05, 0) is 99.9 Å². The Hall–Kier alpha value is -2.37. The summed E-state index contributed by atoms with van der Waals surface area (Å²) in [6.45, 7) is 3.96. The second kappa shape index (κ2) is 13.3. The molecular weight excluding hydrogens is 529 g/mol. The Balaban J connectivity index is 0.000000223. The van der Waals surface area contributed by atoms with Gasteiger partial charge in [-0.1, -0.05) is 0 Å². The van der Waals surface area contributed by atoms with Crippen LogP contribution in [-0.4, -0.2) is 30.4 Å². The monoisotopic (exact) mass is 564 g/mol. The van der Waals surface area contributed by atoms with E-state index in [4.69, 9.17) is 9.84 Å². The summed E-state index contributed by atoms with van der Waals surface area (Å²) in [4.78, 5) is 0. The predicted octanol–water partition coefficient (Wildman–Crippen LogP) is 7.33. The fourth-order valence-electron chi connectivity index (χ4n) is 3.95. The van der Waals surface area contributed by atoms with Crippen LogP contribution in [0.5, 0.6) is 5.75 Å². The van der Waals surface area contributed by atoms with Crippen LogP contribution < -0.4 is 15.4 Å². The van der Waals surface area contributed by atoms with Crippen LogP contribution in [0.2, 0.25) is 0 Å². The zero-order valence-corrected chi connectivity index (χ0v) is 21.9. The number of hydrogen-bond acceptors (Lipinski definition) is 4. The largest absolute Gasteiger partial charge is 0.494 e. The van der Waals surface area contributed by atoms with Crippen molar-refractivity contribution in [1.29, 1.82) is 0 Å². The molecule has 0 amide bonds. The lowest BCUT2D eigenvalue weighted by Crippen LogP contribution is -2.21. The molecule has 2 unspecified atom stereocenters. The van der Waals surface area contributed by atoms with E-state index in [2.05, 4.69) is 10.6 Å². The Morgan fingerprint density at radius 3 is 1.72 bits per heavy atom. The fraction of sp³-hybridized carbons (Fsp3) is 0.571. The Morgan fingerprint density at radius 2 is 1.26 bits per heavy atom. The Labute approximate surface area is 223 Å². The van der Waals surface area contributed by atoms with Gasteiger partial charge in [-0.25, -0.2) is 4.39 Å². The van der Waals surface area contributed by atoms with E-state index >= 15 is 0 Å². The predicted molar refractivity (Wildman–Crippen MR) is 134 cm³/mol. The first-order valence-electron chi connectivity index (χ1n) is 13.1. The molecule has 0 radical (unpaired) electrons. The van der Waals surface area contributed by atoms with Crippen LogP contribution in [0.3, 0.4) is 0 Å². The number of benzene rings is 2. The normalized spacial score (nSPS) is 17.3. The molecule has 4 rings (SSSR count). The van der Waals surface area contributed by atoms with Crippen molar-refractivity contribution < 1.29 is 40.6 Å². The van der Waals surface area contributed by atoms with Gasteiger partial charge in [-0.2, -0.15) is 26.3 Å². The minimum atomic E-state index is -4.50. The van der Waals surface area contributed by atoms with E-state index < -0.39 is 29.3 Å². The van der Waals surface area contributed by atoms with Gasteiger partial charge in [0.2, 0.25) is 0 Å². The van der Waals surface area contributed by atoms with Crippen molar-refractivity contribution in [3.63, 3.8) is 0 Å². The summed E-state index contributed by atoms with van der Waals surface area (Å²) in [5.74, 6) is -0.619. The third-order valence-corrected chi connectivity index (χ3v) is 6.45. The van der Waals surface area contributed by atoms with E-state index in [0.29, 0.717) is 48.7 Å². The fourth-order valence-corrected chi connectivity index (χ4v) is 3.95. The number of ether oxygens (including phenoxy) is 1. The Kier molecular flexibility index (Phi) is 10.6. The number of alkyl halides is 6. The Morgan fingerprint density at radius 1 is 0.769 bits per heavy atom. The van der Waals surface area contributed by atoms with Gasteiger partial charge < -0.3 is 20.5 Å². The molecule has 2 saturated carbocycles. The van der Waals surface area contributed by atoms with E-state index in [1.807, 2.05) is 6.92 Å². The second-order valence-corrected chi connectivity index (χ2v) is 10.2. The van der Waals surface area contributed by atoms with Crippen LogP contribution in [0.25, 0.3) is 0 Å². The van der Waals surface area contributed by atoms with Crippen molar-refractivity contribution in [2.45, 2.75) is 88.9 Å². The molecule has 0 bridgehead atoms. The Bertz CT molecular complexity index is 1070. The van der Waals surface area contributed by atoms with Crippen LogP contribution >= 0.6 is 0 Å². The number of rotatable bonds is 11. The molecule has 2 aromatic carbocycles.